The van der Waals surface area contributed by atoms with Crippen LogP contribution in [-0.2, 0) is 16.0 Å². The number of carbonyl (C=O) groups excluding carboxylic acids is 2. The van der Waals surface area contributed by atoms with Crippen molar-refractivity contribution in [1.29, 1.82) is 5.26 Å². The average Bonchev–Trinajstić information content (AvgIpc) is 2.83. The zero-order valence-electron chi connectivity index (χ0n) is 18.3. The Morgan fingerprint density at radius 1 is 1.21 bits per heavy atom. The number of rotatable bonds is 7. The van der Waals surface area contributed by atoms with E-state index in [9.17, 15) is 14.9 Å². The van der Waals surface area contributed by atoms with Gasteiger partial charge >= 0.3 is 0 Å². The first-order chi connectivity index (χ1) is 15.8. The van der Waals surface area contributed by atoms with Crippen LogP contribution in [0.25, 0.3) is 0 Å². The second-order valence-electron chi connectivity index (χ2n) is 7.47. The Kier molecular flexibility index (Phi) is 9.16. The topological polar surface area (TPSA) is 94.9 Å². The molecular formula is C23H24I2N4O4. The summed E-state index contributed by atoms with van der Waals surface area (Å²) < 4.78 is 12.6. The molecule has 8 nitrogen and oxygen atoms in total. The van der Waals surface area contributed by atoms with E-state index >= 15 is 0 Å². The van der Waals surface area contributed by atoms with E-state index in [1.165, 1.54) is 7.05 Å². The van der Waals surface area contributed by atoms with Crippen molar-refractivity contribution in [2.45, 2.75) is 12.5 Å². The lowest BCUT2D eigenvalue weighted by Gasteiger charge is -2.29. The first kappa shape index (κ1) is 25.5. The number of halogens is 2. The number of hydrogen-bond donors (Lipinski definition) is 1. The van der Waals surface area contributed by atoms with Crippen molar-refractivity contribution in [1.82, 2.24) is 10.2 Å². The summed E-state index contributed by atoms with van der Waals surface area (Å²) in [6.07, 6.45) is 2.07. The zero-order valence-corrected chi connectivity index (χ0v) is 22.6. The first-order valence-electron chi connectivity index (χ1n) is 10.3. The summed E-state index contributed by atoms with van der Waals surface area (Å²) in [7, 11) is 3.00. The molecule has 33 heavy (non-hydrogen) atoms. The third kappa shape index (κ3) is 6.48. The highest BCUT2D eigenvalue weighted by atomic mass is 127. The summed E-state index contributed by atoms with van der Waals surface area (Å²) in [5, 5.41) is 12.0. The summed E-state index contributed by atoms with van der Waals surface area (Å²) in [4.78, 5) is 28.9. The fourth-order valence-corrected chi connectivity index (χ4v) is 5.87. The van der Waals surface area contributed by atoms with Gasteiger partial charge in [-0.2, -0.15) is 5.26 Å². The van der Waals surface area contributed by atoms with E-state index in [0.717, 1.165) is 42.1 Å². The molecule has 2 aromatic carbocycles. The second kappa shape index (κ2) is 11.8. The Hall–Kier alpha value is -2.11. The van der Waals surface area contributed by atoms with Crippen molar-refractivity contribution in [3.8, 4) is 11.9 Å². The summed E-state index contributed by atoms with van der Waals surface area (Å²) in [5.74, 6) is -0.0795. The maximum Gasteiger partial charge on any atom is 0.258 e. The molecule has 0 aliphatic carbocycles. The van der Waals surface area contributed by atoms with E-state index < -0.39 is 11.9 Å². The Labute approximate surface area is 220 Å². The van der Waals surface area contributed by atoms with Crippen LogP contribution in [0.1, 0.15) is 15.9 Å². The van der Waals surface area contributed by atoms with Gasteiger partial charge in [-0.1, -0.05) is 0 Å². The zero-order chi connectivity index (χ0) is 24.0. The molecule has 0 spiro atoms. The number of methoxy groups -OCH3 is 1. The van der Waals surface area contributed by atoms with Gasteiger partial charge < -0.3 is 19.7 Å². The van der Waals surface area contributed by atoms with Gasteiger partial charge in [0.05, 0.1) is 27.5 Å². The van der Waals surface area contributed by atoms with Crippen LogP contribution >= 0.6 is 45.2 Å². The van der Waals surface area contributed by atoms with Gasteiger partial charge in [0.1, 0.15) is 11.8 Å². The molecule has 0 radical (unpaired) electrons. The molecule has 3 rings (SSSR count). The molecule has 1 saturated heterocycles. The van der Waals surface area contributed by atoms with E-state index in [1.807, 2.05) is 30.5 Å². The number of ether oxygens (including phenoxy) is 2. The van der Waals surface area contributed by atoms with Crippen molar-refractivity contribution in [3.05, 3.63) is 54.7 Å². The number of morpholine rings is 1. The van der Waals surface area contributed by atoms with Crippen molar-refractivity contribution in [3.63, 3.8) is 0 Å². The van der Waals surface area contributed by atoms with Crippen LogP contribution in [0.15, 0.2) is 36.4 Å². The molecule has 0 bridgehead atoms. The predicted molar refractivity (Wildman–Crippen MR) is 141 cm³/mol. The van der Waals surface area contributed by atoms with Gasteiger partial charge in [0, 0.05) is 37.8 Å². The number of carbonyl (C=O) groups is 2. The smallest absolute Gasteiger partial charge is 0.258 e. The predicted octanol–water partition coefficient (Wildman–Crippen LogP) is 3.02. The van der Waals surface area contributed by atoms with Crippen LogP contribution < -0.4 is 15.0 Å². The number of nitrogens with zero attached hydrogens (tertiary/aromatic N) is 3. The monoisotopic (exact) mass is 674 g/mol. The summed E-state index contributed by atoms with van der Waals surface area (Å²) >= 11 is 4.35. The van der Waals surface area contributed by atoms with E-state index in [2.05, 4.69) is 55.4 Å². The van der Waals surface area contributed by atoms with Crippen LogP contribution in [0, 0.1) is 18.6 Å². The standard InChI is InChI=1S/C23H24I2N4O4/c1-28(14-26)23(31)20(13-15-11-18(24)21(32-2)19(25)12-15)27-22(30)16-3-5-17(6-4-16)29-7-9-33-10-8-29/h3-6,11-12,20H,7-10,13H2,1-2H3,(H,27,30)/t20-/m0/s1. The third-order valence-electron chi connectivity index (χ3n) is 5.29. The maximum absolute atomic E-state index is 13.0. The van der Waals surface area contributed by atoms with Crippen LogP contribution in [0.3, 0.4) is 0 Å². The fraction of sp³-hybridized carbons (Fsp3) is 0.348. The van der Waals surface area contributed by atoms with Crippen LogP contribution in [0.4, 0.5) is 5.69 Å². The van der Waals surface area contributed by atoms with Gasteiger partial charge in [-0.3, -0.25) is 14.5 Å². The number of amides is 2. The van der Waals surface area contributed by atoms with Gasteiger partial charge in [-0.15, -0.1) is 0 Å². The normalized spacial score (nSPS) is 14.2. The molecule has 10 heteroatoms. The van der Waals surface area contributed by atoms with Crippen molar-refractivity contribution in [2.75, 3.05) is 45.4 Å². The molecule has 0 unspecified atom stereocenters. The highest BCUT2D eigenvalue weighted by Crippen LogP contribution is 2.29. The lowest BCUT2D eigenvalue weighted by atomic mass is 10.0. The van der Waals surface area contributed by atoms with Crippen molar-refractivity contribution >= 4 is 62.7 Å². The molecule has 174 valence electrons. The van der Waals surface area contributed by atoms with Crippen LogP contribution in [0.2, 0.25) is 0 Å². The van der Waals surface area contributed by atoms with E-state index in [0.29, 0.717) is 18.8 Å². The lowest BCUT2D eigenvalue weighted by molar-refractivity contribution is -0.129. The second-order valence-corrected chi connectivity index (χ2v) is 9.79. The number of anilines is 1. The number of likely N-dealkylation sites (N-methyl/N-ethyl adjacent to an activating group) is 1. The van der Waals surface area contributed by atoms with Crippen LogP contribution in [-0.4, -0.2) is 63.2 Å². The Morgan fingerprint density at radius 2 is 1.82 bits per heavy atom. The summed E-state index contributed by atoms with van der Waals surface area (Å²) in [5.41, 5.74) is 2.33. The molecule has 1 aliphatic heterocycles. The van der Waals surface area contributed by atoms with Crippen LogP contribution in [0.5, 0.6) is 5.75 Å². The average molecular weight is 674 g/mol. The molecule has 1 N–H and O–H groups in total. The van der Waals surface area contributed by atoms with E-state index in [1.54, 1.807) is 19.2 Å². The number of nitrogens with one attached hydrogen (secondary N) is 1. The Bertz CT molecular complexity index is 1030. The SMILES string of the molecule is COc1c(I)cc(C[C@H](NC(=O)c2ccc(N3CCOCC3)cc2)C(=O)N(C)C#N)cc1I. The number of benzene rings is 2. The Balaban J connectivity index is 1.78. The van der Waals surface area contributed by atoms with Gasteiger partial charge in [0.2, 0.25) is 0 Å². The molecule has 2 aromatic rings. The largest absolute Gasteiger partial charge is 0.495 e. The van der Waals surface area contributed by atoms with E-state index in [4.69, 9.17) is 9.47 Å². The first-order valence-corrected chi connectivity index (χ1v) is 12.4. The molecule has 0 aromatic heterocycles. The number of hydrogen-bond acceptors (Lipinski definition) is 6. The number of nitriles is 1. The van der Waals surface area contributed by atoms with Gasteiger partial charge in [0.25, 0.3) is 11.8 Å². The molecule has 1 aliphatic rings. The highest BCUT2D eigenvalue weighted by Gasteiger charge is 2.26. The van der Waals surface area contributed by atoms with E-state index in [-0.39, 0.29) is 12.3 Å². The van der Waals surface area contributed by atoms with Crippen molar-refractivity contribution < 1.29 is 19.1 Å². The minimum atomic E-state index is -0.888. The fourth-order valence-electron chi connectivity index (χ4n) is 3.53. The van der Waals surface area contributed by atoms with Crippen molar-refractivity contribution in [2.24, 2.45) is 0 Å². The maximum atomic E-state index is 13.0. The molecule has 1 fully saturated rings. The minimum absolute atomic E-state index is 0.248. The minimum Gasteiger partial charge on any atom is -0.495 e. The Morgan fingerprint density at radius 3 is 2.36 bits per heavy atom. The third-order valence-corrected chi connectivity index (χ3v) is 6.89. The van der Waals surface area contributed by atoms with Gasteiger partial charge in [-0.05, 0) is 87.1 Å². The van der Waals surface area contributed by atoms with Gasteiger partial charge in [-0.25, -0.2) is 0 Å². The molecule has 0 saturated carbocycles. The molecular weight excluding hydrogens is 650 g/mol. The molecule has 2 amide bonds. The summed E-state index contributed by atoms with van der Waals surface area (Å²) in [6.45, 7) is 2.98. The summed E-state index contributed by atoms with van der Waals surface area (Å²) in [6, 6.07) is 10.2. The van der Waals surface area contributed by atoms with Gasteiger partial charge in [0.15, 0.2) is 6.19 Å². The quantitative estimate of drug-likeness (QED) is 0.276. The lowest BCUT2D eigenvalue weighted by Crippen LogP contribution is -2.47. The molecule has 1 atom stereocenters. The molecule has 1 heterocycles. The highest BCUT2D eigenvalue weighted by molar-refractivity contribution is 14.1.